The summed E-state index contributed by atoms with van der Waals surface area (Å²) < 4.78 is 1.51. The number of piperidine rings is 1. The van der Waals surface area contributed by atoms with E-state index in [-0.39, 0.29) is 35.2 Å². The summed E-state index contributed by atoms with van der Waals surface area (Å²) in [5, 5.41) is 3.27. The highest BCUT2D eigenvalue weighted by Crippen LogP contribution is 2.34. The van der Waals surface area contributed by atoms with Crippen molar-refractivity contribution in [2.75, 3.05) is 13.1 Å². The molecule has 0 unspecified atom stereocenters. The number of H-pyrrole nitrogens is 1. The number of hydrogen-bond donors (Lipinski definition) is 2. The Balaban J connectivity index is 1.24. The molecule has 1 saturated heterocycles. The largest absolute Gasteiger partial charge is 0.349 e. The first kappa shape index (κ1) is 20.9. The predicted octanol–water partition coefficient (Wildman–Crippen LogP) is 1.72. The minimum atomic E-state index is -0.529. The van der Waals surface area contributed by atoms with Crippen LogP contribution in [0.2, 0.25) is 0 Å². The Kier molecular flexibility index (Phi) is 5.57. The molecule has 0 spiro atoms. The van der Waals surface area contributed by atoms with Crippen molar-refractivity contribution in [1.29, 1.82) is 0 Å². The third kappa shape index (κ3) is 4.08. The van der Waals surface area contributed by atoms with E-state index in [1.807, 2.05) is 4.90 Å². The van der Waals surface area contributed by atoms with Gasteiger partial charge in [-0.25, -0.2) is 9.78 Å². The normalized spacial score (nSPS) is 20.4. The second-order valence-corrected chi connectivity index (χ2v) is 9.36. The zero-order chi connectivity index (χ0) is 22.2. The molecule has 0 radical (unpaired) electrons. The summed E-state index contributed by atoms with van der Waals surface area (Å²) >= 11 is 0. The summed E-state index contributed by atoms with van der Waals surface area (Å²) in [5.41, 5.74) is -0.361. The van der Waals surface area contributed by atoms with Crippen molar-refractivity contribution in [1.82, 2.24) is 24.8 Å². The van der Waals surface area contributed by atoms with Crippen LogP contribution in [0.4, 0.5) is 0 Å². The average Bonchev–Trinajstić information content (AvgIpc) is 3.64. The molecule has 32 heavy (non-hydrogen) atoms. The Morgan fingerprint density at radius 3 is 2.41 bits per heavy atom. The number of pyridine rings is 1. The number of hydrogen-bond acceptors (Lipinski definition) is 5. The molecular weight excluding hydrogens is 410 g/mol. The SMILES string of the molecule is O=C(NC1CCN(C(=O)C2CCCCC2)CC1)c1cnc2c(c1)c(=O)[nH]c(=O)n2C1CC1. The molecule has 3 heterocycles. The van der Waals surface area contributed by atoms with Gasteiger partial charge in [0.2, 0.25) is 5.91 Å². The van der Waals surface area contributed by atoms with Crippen LogP contribution in [0, 0.1) is 5.92 Å². The van der Waals surface area contributed by atoms with Crippen LogP contribution in [0.25, 0.3) is 11.0 Å². The van der Waals surface area contributed by atoms with E-state index >= 15 is 0 Å². The number of rotatable bonds is 4. The van der Waals surface area contributed by atoms with Crippen LogP contribution in [0.15, 0.2) is 21.9 Å². The lowest BCUT2D eigenvalue weighted by atomic mass is 9.87. The van der Waals surface area contributed by atoms with Gasteiger partial charge in [0.05, 0.1) is 10.9 Å². The van der Waals surface area contributed by atoms with Crippen molar-refractivity contribution < 1.29 is 9.59 Å². The van der Waals surface area contributed by atoms with E-state index in [4.69, 9.17) is 0 Å². The van der Waals surface area contributed by atoms with Crippen LogP contribution in [-0.2, 0) is 4.79 Å². The second kappa shape index (κ2) is 8.52. The third-order valence-electron chi connectivity index (χ3n) is 7.05. The lowest BCUT2D eigenvalue weighted by molar-refractivity contribution is -0.137. The van der Waals surface area contributed by atoms with Crippen molar-refractivity contribution in [3.8, 4) is 0 Å². The van der Waals surface area contributed by atoms with Crippen molar-refractivity contribution in [3.05, 3.63) is 38.7 Å². The number of aromatic nitrogens is 3. The van der Waals surface area contributed by atoms with Gasteiger partial charge < -0.3 is 10.2 Å². The number of fused-ring (bicyclic) bond motifs is 1. The van der Waals surface area contributed by atoms with Gasteiger partial charge >= 0.3 is 5.69 Å². The number of carbonyl (C=O) groups excluding carboxylic acids is 2. The minimum absolute atomic E-state index is 0.0210. The Morgan fingerprint density at radius 1 is 1.00 bits per heavy atom. The van der Waals surface area contributed by atoms with Crippen molar-refractivity contribution in [2.45, 2.75) is 69.9 Å². The highest BCUT2D eigenvalue weighted by Gasteiger charge is 2.30. The lowest BCUT2D eigenvalue weighted by Crippen LogP contribution is -2.48. The molecule has 3 aliphatic rings. The number of nitrogens with zero attached hydrogens (tertiary/aromatic N) is 3. The quantitative estimate of drug-likeness (QED) is 0.752. The predicted molar refractivity (Wildman–Crippen MR) is 119 cm³/mol. The molecule has 2 N–H and O–H groups in total. The van der Waals surface area contributed by atoms with E-state index in [0.29, 0.717) is 37.1 Å². The lowest BCUT2D eigenvalue weighted by Gasteiger charge is -2.35. The molecule has 5 rings (SSSR count). The van der Waals surface area contributed by atoms with Gasteiger partial charge in [0, 0.05) is 37.3 Å². The maximum absolute atomic E-state index is 12.8. The van der Waals surface area contributed by atoms with E-state index in [1.54, 1.807) is 0 Å². The molecule has 2 amide bonds. The number of carbonyl (C=O) groups is 2. The van der Waals surface area contributed by atoms with Crippen LogP contribution >= 0.6 is 0 Å². The molecule has 2 aromatic rings. The van der Waals surface area contributed by atoms with Crippen LogP contribution in [-0.4, -0.2) is 50.4 Å². The number of nitrogens with one attached hydrogen (secondary N) is 2. The Labute approximate surface area is 185 Å². The highest BCUT2D eigenvalue weighted by atomic mass is 16.2. The van der Waals surface area contributed by atoms with E-state index in [1.165, 1.54) is 23.3 Å². The van der Waals surface area contributed by atoms with E-state index in [2.05, 4.69) is 15.3 Å². The van der Waals surface area contributed by atoms with E-state index < -0.39 is 11.2 Å². The maximum Gasteiger partial charge on any atom is 0.330 e. The molecule has 2 aliphatic carbocycles. The molecule has 0 atom stereocenters. The van der Waals surface area contributed by atoms with Crippen LogP contribution in [0.1, 0.15) is 74.2 Å². The summed E-state index contributed by atoms with van der Waals surface area (Å²) in [6, 6.07) is 1.55. The van der Waals surface area contributed by atoms with Crippen LogP contribution in [0.3, 0.4) is 0 Å². The van der Waals surface area contributed by atoms with Gasteiger partial charge in [-0.05, 0) is 44.6 Å². The molecule has 3 fully saturated rings. The second-order valence-electron chi connectivity index (χ2n) is 9.36. The first-order chi connectivity index (χ1) is 15.5. The van der Waals surface area contributed by atoms with Gasteiger partial charge in [-0.1, -0.05) is 19.3 Å². The number of aromatic amines is 1. The fourth-order valence-corrected chi connectivity index (χ4v) is 5.05. The fourth-order valence-electron chi connectivity index (χ4n) is 5.05. The van der Waals surface area contributed by atoms with E-state index in [9.17, 15) is 19.2 Å². The standard InChI is InChI=1S/C23H29N5O4/c29-20(25-16-8-10-27(11-9-16)22(31)14-4-2-1-3-5-14)15-12-18-19(24-13-15)28(17-6-7-17)23(32)26-21(18)30/h12-14,16-17H,1-11H2,(H,25,29)(H,26,30,32). The topological polar surface area (TPSA) is 117 Å². The summed E-state index contributed by atoms with van der Waals surface area (Å²) in [6.45, 7) is 1.31. The summed E-state index contributed by atoms with van der Waals surface area (Å²) in [4.78, 5) is 58.6. The maximum atomic E-state index is 12.8. The minimum Gasteiger partial charge on any atom is -0.349 e. The highest BCUT2D eigenvalue weighted by molar-refractivity contribution is 5.96. The van der Waals surface area contributed by atoms with E-state index in [0.717, 1.165) is 38.5 Å². The van der Waals surface area contributed by atoms with Gasteiger partial charge in [0.1, 0.15) is 5.65 Å². The molecular formula is C23H29N5O4. The fraction of sp³-hybridized carbons (Fsp3) is 0.609. The summed E-state index contributed by atoms with van der Waals surface area (Å²) in [7, 11) is 0. The molecule has 9 heteroatoms. The van der Waals surface area contributed by atoms with Crippen LogP contribution in [0.5, 0.6) is 0 Å². The van der Waals surface area contributed by atoms with Crippen LogP contribution < -0.4 is 16.6 Å². The molecule has 0 bridgehead atoms. The van der Waals surface area contributed by atoms with Crippen molar-refractivity contribution in [3.63, 3.8) is 0 Å². The first-order valence-corrected chi connectivity index (χ1v) is 11.8. The monoisotopic (exact) mass is 439 g/mol. The smallest absolute Gasteiger partial charge is 0.330 e. The zero-order valence-electron chi connectivity index (χ0n) is 18.1. The summed E-state index contributed by atoms with van der Waals surface area (Å²) in [5.74, 6) is 0.152. The zero-order valence-corrected chi connectivity index (χ0v) is 18.1. The molecule has 2 aromatic heterocycles. The number of amides is 2. The van der Waals surface area contributed by atoms with Gasteiger partial charge in [0.15, 0.2) is 0 Å². The molecule has 0 aromatic carbocycles. The van der Waals surface area contributed by atoms with Crippen molar-refractivity contribution in [2.24, 2.45) is 5.92 Å². The summed E-state index contributed by atoms with van der Waals surface area (Å²) in [6.07, 6.45) is 10.1. The van der Waals surface area contributed by atoms with Gasteiger partial charge in [-0.15, -0.1) is 0 Å². The molecule has 9 nitrogen and oxygen atoms in total. The van der Waals surface area contributed by atoms with Gasteiger partial charge in [-0.2, -0.15) is 0 Å². The first-order valence-electron chi connectivity index (χ1n) is 11.8. The van der Waals surface area contributed by atoms with Gasteiger partial charge in [-0.3, -0.25) is 23.9 Å². The third-order valence-corrected chi connectivity index (χ3v) is 7.05. The number of likely N-dealkylation sites (tertiary alicyclic amines) is 1. The van der Waals surface area contributed by atoms with Gasteiger partial charge in [0.25, 0.3) is 11.5 Å². The van der Waals surface area contributed by atoms with Crippen molar-refractivity contribution >= 4 is 22.8 Å². The average molecular weight is 440 g/mol. The Bertz CT molecular complexity index is 1150. The Hall–Kier alpha value is -2.97. The molecule has 170 valence electrons. The molecule has 1 aliphatic heterocycles. The molecule has 2 saturated carbocycles. The Morgan fingerprint density at radius 2 is 1.72 bits per heavy atom.